The van der Waals surface area contributed by atoms with E-state index in [1.54, 1.807) is 0 Å². The van der Waals surface area contributed by atoms with Crippen LogP contribution in [0.1, 0.15) is 19.3 Å². The summed E-state index contributed by atoms with van der Waals surface area (Å²) in [7, 11) is 1.34. The Labute approximate surface area is 86.7 Å². The average Bonchev–Trinajstić information content (AvgIpc) is 2.03. The number of carbonyl (C=O) groups excluding carboxylic acids is 1. The van der Waals surface area contributed by atoms with Gasteiger partial charge in [0.15, 0.2) is 0 Å². The van der Waals surface area contributed by atoms with Crippen molar-refractivity contribution in [1.82, 2.24) is 0 Å². The Hall–Kier alpha value is 0.0523. The second-order valence-corrected chi connectivity index (χ2v) is 2.41. The van der Waals surface area contributed by atoms with Gasteiger partial charge in [-0.3, -0.25) is 4.79 Å². The van der Waals surface area contributed by atoms with Gasteiger partial charge in [-0.25, -0.2) is 0 Å². The van der Waals surface area contributed by atoms with E-state index in [0.29, 0.717) is 13.0 Å². The van der Waals surface area contributed by atoms with Crippen LogP contribution in [0, 0.1) is 0 Å². The van der Waals surface area contributed by atoms with E-state index in [1.165, 1.54) is 7.11 Å². The zero-order valence-corrected chi connectivity index (χ0v) is 8.75. The van der Waals surface area contributed by atoms with Gasteiger partial charge in [0, 0.05) is 20.4 Å². The van der Waals surface area contributed by atoms with Crippen LogP contribution in [-0.4, -0.2) is 25.7 Å². The Morgan fingerprint density at radius 3 is 2.50 bits per heavy atom. The van der Waals surface area contributed by atoms with Gasteiger partial charge in [-0.1, -0.05) is 6.42 Å². The van der Waals surface area contributed by atoms with Gasteiger partial charge < -0.3 is 16.2 Å². The molecule has 12 heavy (non-hydrogen) atoms. The zero-order valence-electron chi connectivity index (χ0n) is 7.19. The van der Waals surface area contributed by atoms with Crippen LogP contribution in [0.5, 0.6) is 0 Å². The van der Waals surface area contributed by atoms with Crippen molar-refractivity contribution >= 4 is 5.97 Å². The first-order valence-electron chi connectivity index (χ1n) is 3.76. The summed E-state index contributed by atoms with van der Waals surface area (Å²) in [4.78, 5) is 10.7. The Balaban J connectivity index is 0. The molecule has 0 saturated heterocycles. The van der Waals surface area contributed by atoms with Crippen LogP contribution in [0.3, 0.4) is 0 Å². The molecular formula is C7H16N2O2Pd. The Bertz CT molecular complexity index is 122. The fourth-order valence-corrected chi connectivity index (χ4v) is 0.778. The molecule has 0 amide bonds. The number of esters is 1. The van der Waals surface area contributed by atoms with Crippen LogP contribution in [-0.2, 0) is 30.0 Å². The molecule has 0 aromatic heterocycles. The van der Waals surface area contributed by atoms with Crippen LogP contribution in [0.4, 0.5) is 0 Å². The van der Waals surface area contributed by atoms with Crippen LogP contribution in [0.15, 0.2) is 0 Å². The van der Waals surface area contributed by atoms with Gasteiger partial charge in [0.05, 0.1) is 7.11 Å². The molecule has 0 saturated carbocycles. The number of ether oxygens (including phenoxy) is 1. The SMILES string of the molecule is COC(=O)[C@@H](N)CCCCN.[Pd]. The fraction of sp³-hybridized carbons (Fsp3) is 0.857. The maximum Gasteiger partial charge on any atom is 0.322 e. The third kappa shape index (κ3) is 6.74. The third-order valence-electron chi connectivity index (χ3n) is 1.47. The Kier molecular flexibility index (Phi) is 11.1. The number of hydrogen-bond acceptors (Lipinski definition) is 4. The number of methoxy groups -OCH3 is 1. The van der Waals surface area contributed by atoms with Crippen molar-refractivity contribution in [3.05, 3.63) is 0 Å². The minimum Gasteiger partial charge on any atom is -0.468 e. The first-order valence-corrected chi connectivity index (χ1v) is 3.76. The molecule has 5 heteroatoms. The normalized spacial score (nSPS) is 11.6. The van der Waals surface area contributed by atoms with Gasteiger partial charge >= 0.3 is 5.97 Å². The van der Waals surface area contributed by atoms with Gasteiger partial charge in [-0.15, -0.1) is 0 Å². The van der Waals surface area contributed by atoms with Crippen LogP contribution in [0.25, 0.3) is 0 Å². The molecule has 0 fully saturated rings. The van der Waals surface area contributed by atoms with E-state index in [-0.39, 0.29) is 26.4 Å². The molecule has 0 radical (unpaired) electrons. The minimum absolute atomic E-state index is 0. The van der Waals surface area contributed by atoms with E-state index in [2.05, 4.69) is 4.74 Å². The molecule has 1 atom stereocenters. The quantitative estimate of drug-likeness (QED) is 0.404. The summed E-state index contributed by atoms with van der Waals surface area (Å²) in [6.07, 6.45) is 2.45. The molecule has 0 heterocycles. The second kappa shape index (κ2) is 9.14. The van der Waals surface area contributed by atoms with Gasteiger partial charge in [0.25, 0.3) is 0 Å². The van der Waals surface area contributed by atoms with Gasteiger partial charge in [-0.05, 0) is 19.4 Å². The predicted molar refractivity (Wildman–Crippen MR) is 42.9 cm³/mol. The fourth-order valence-electron chi connectivity index (χ4n) is 0.778. The summed E-state index contributed by atoms with van der Waals surface area (Å²) in [5.74, 6) is -0.345. The number of rotatable bonds is 5. The monoisotopic (exact) mass is 266 g/mol. The van der Waals surface area contributed by atoms with Crippen molar-refractivity contribution in [2.45, 2.75) is 25.3 Å². The summed E-state index contributed by atoms with van der Waals surface area (Å²) in [6, 6.07) is -0.480. The largest absolute Gasteiger partial charge is 0.468 e. The van der Waals surface area contributed by atoms with E-state index in [4.69, 9.17) is 11.5 Å². The van der Waals surface area contributed by atoms with E-state index in [1.807, 2.05) is 0 Å². The van der Waals surface area contributed by atoms with E-state index < -0.39 is 6.04 Å². The van der Waals surface area contributed by atoms with Crippen molar-refractivity contribution in [3.63, 3.8) is 0 Å². The number of hydrogen-bond donors (Lipinski definition) is 2. The standard InChI is InChI=1S/C7H16N2O2.Pd/c1-11-7(10)6(9)4-2-3-5-8;/h6H,2-5,8-9H2,1H3;/t6-;/m0./s1. The second-order valence-electron chi connectivity index (χ2n) is 2.41. The molecule has 0 aliphatic rings. The third-order valence-corrected chi connectivity index (χ3v) is 1.47. The van der Waals surface area contributed by atoms with Gasteiger partial charge in [0.2, 0.25) is 0 Å². The maximum absolute atomic E-state index is 10.7. The molecule has 0 aromatic carbocycles. The van der Waals surface area contributed by atoms with Crippen molar-refractivity contribution < 1.29 is 30.0 Å². The minimum atomic E-state index is -0.480. The molecule has 4 nitrogen and oxygen atoms in total. The van der Waals surface area contributed by atoms with Crippen LogP contribution < -0.4 is 11.5 Å². The summed E-state index contributed by atoms with van der Waals surface area (Å²) in [6.45, 7) is 0.647. The topological polar surface area (TPSA) is 78.3 Å². The van der Waals surface area contributed by atoms with Crippen molar-refractivity contribution in [1.29, 1.82) is 0 Å². The van der Waals surface area contributed by atoms with Crippen molar-refractivity contribution in [2.75, 3.05) is 13.7 Å². The first kappa shape index (κ1) is 14.6. The van der Waals surface area contributed by atoms with Crippen LogP contribution in [0.2, 0.25) is 0 Å². The molecule has 0 spiro atoms. The first-order chi connectivity index (χ1) is 5.22. The number of carbonyl (C=O) groups is 1. The van der Waals surface area contributed by atoms with E-state index in [0.717, 1.165) is 12.8 Å². The summed E-state index contributed by atoms with van der Waals surface area (Å²) in [5, 5.41) is 0. The molecule has 0 bridgehead atoms. The summed E-state index contributed by atoms with van der Waals surface area (Å²) >= 11 is 0. The predicted octanol–water partition coefficient (Wildman–Crippen LogP) is -0.387. The molecule has 0 aliphatic carbocycles. The molecule has 0 rings (SSSR count). The zero-order chi connectivity index (χ0) is 8.69. The maximum atomic E-state index is 10.7. The summed E-state index contributed by atoms with van der Waals surface area (Å²) in [5.41, 5.74) is 10.7. The molecule has 4 N–H and O–H groups in total. The summed E-state index contributed by atoms with van der Waals surface area (Å²) < 4.78 is 4.45. The van der Waals surface area contributed by atoms with Crippen molar-refractivity contribution in [3.8, 4) is 0 Å². The Morgan fingerprint density at radius 1 is 1.50 bits per heavy atom. The molecule has 76 valence electrons. The van der Waals surface area contributed by atoms with Gasteiger partial charge in [-0.2, -0.15) is 0 Å². The van der Waals surface area contributed by atoms with Crippen molar-refractivity contribution in [2.24, 2.45) is 11.5 Å². The van der Waals surface area contributed by atoms with Crippen LogP contribution >= 0.6 is 0 Å². The Morgan fingerprint density at radius 2 is 2.08 bits per heavy atom. The average molecular weight is 267 g/mol. The van der Waals surface area contributed by atoms with E-state index in [9.17, 15) is 4.79 Å². The van der Waals surface area contributed by atoms with E-state index >= 15 is 0 Å². The smallest absolute Gasteiger partial charge is 0.322 e. The molecule has 0 aliphatic heterocycles. The number of unbranched alkanes of at least 4 members (excludes halogenated alkanes) is 1. The molecule has 0 aromatic rings. The van der Waals surface area contributed by atoms with Gasteiger partial charge in [0.1, 0.15) is 6.04 Å². The molecule has 0 unspecified atom stereocenters. The number of nitrogens with two attached hydrogens (primary N) is 2. The molecular weight excluding hydrogens is 251 g/mol.